The predicted molar refractivity (Wildman–Crippen MR) is 111 cm³/mol. The maximum absolute atomic E-state index is 12.8. The van der Waals surface area contributed by atoms with Gasteiger partial charge in [0.2, 0.25) is 0 Å². The third-order valence-electron chi connectivity index (χ3n) is 4.16. The van der Waals surface area contributed by atoms with Gasteiger partial charge in [-0.3, -0.25) is 9.78 Å². The second-order valence-electron chi connectivity index (χ2n) is 6.01. The molecule has 6 heteroatoms. The average Bonchev–Trinajstić information content (AvgIpc) is 2.74. The highest BCUT2D eigenvalue weighted by Crippen LogP contribution is 2.29. The van der Waals surface area contributed by atoms with E-state index in [-0.39, 0.29) is 5.91 Å². The fraction of sp³-hybridized carbons (Fsp3) is 0. The minimum absolute atomic E-state index is 0.334. The van der Waals surface area contributed by atoms with Crippen molar-refractivity contribution in [2.75, 3.05) is 0 Å². The summed E-state index contributed by atoms with van der Waals surface area (Å²) >= 11 is 6.32. The Balaban J connectivity index is 1.72. The van der Waals surface area contributed by atoms with Crippen molar-refractivity contribution < 1.29 is 4.79 Å². The van der Waals surface area contributed by atoms with Gasteiger partial charge in [-0.2, -0.15) is 5.10 Å². The van der Waals surface area contributed by atoms with E-state index in [4.69, 9.17) is 11.6 Å². The Hall–Kier alpha value is -3.57. The number of rotatable bonds is 4. The van der Waals surface area contributed by atoms with Gasteiger partial charge in [-0.25, -0.2) is 10.4 Å². The molecule has 2 aromatic carbocycles. The third kappa shape index (κ3) is 3.75. The molecule has 0 radical (unpaired) electrons. The highest BCUT2D eigenvalue weighted by atomic mass is 35.5. The number of hydrazone groups is 1. The van der Waals surface area contributed by atoms with Crippen molar-refractivity contribution >= 4 is 34.6 Å². The van der Waals surface area contributed by atoms with Crippen LogP contribution >= 0.6 is 11.6 Å². The van der Waals surface area contributed by atoms with Crippen LogP contribution in [0.15, 0.2) is 84.1 Å². The Morgan fingerprint density at radius 1 is 1.00 bits per heavy atom. The van der Waals surface area contributed by atoms with E-state index in [1.165, 1.54) is 6.21 Å². The van der Waals surface area contributed by atoms with E-state index in [0.717, 1.165) is 10.9 Å². The van der Waals surface area contributed by atoms with Crippen molar-refractivity contribution in [1.29, 1.82) is 0 Å². The fourth-order valence-electron chi connectivity index (χ4n) is 2.84. The maximum Gasteiger partial charge on any atom is 0.272 e. The quantitative estimate of drug-likeness (QED) is 0.408. The summed E-state index contributed by atoms with van der Waals surface area (Å²) in [6.45, 7) is 0. The Kier molecular flexibility index (Phi) is 5.08. The number of pyridine rings is 2. The number of nitrogens with zero attached hydrogens (tertiary/aromatic N) is 3. The van der Waals surface area contributed by atoms with Gasteiger partial charge in [-0.05, 0) is 30.3 Å². The number of para-hydroxylation sites is 1. The number of aromatic nitrogens is 2. The zero-order valence-electron chi connectivity index (χ0n) is 14.7. The van der Waals surface area contributed by atoms with Crippen LogP contribution < -0.4 is 5.43 Å². The Labute approximate surface area is 166 Å². The number of hydrogen-bond donors (Lipinski definition) is 1. The number of fused-ring (bicyclic) bond motifs is 1. The molecule has 5 nitrogen and oxygen atoms in total. The van der Waals surface area contributed by atoms with Crippen LogP contribution in [0.1, 0.15) is 16.1 Å². The first-order valence-corrected chi connectivity index (χ1v) is 8.99. The maximum atomic E-state index is 12.8. The fourth-order valence-corrected chi connectivity index (χ4v) is 3.07. The number of amides is 1. The summed E-state index contributed by atoms with van der Waals surface area (Å²) in [5, 5.41) is 5.32. The molecule has 0 atom stereocenters. The summed E-state index contributed by atoms with van der Waals surface area (Å²) in [6, 6.07) is 22.1. The third-order valence-corrected chi connectivity index (χ3v) is 4.49. The molecule has 0 aliphatic rings. The lowest BCUT2D eigenvalue weighted by atomic mass is 10.0. The van der Waals surface area contributed by atoms with Gasteiger partial charge in [0.1, 0.15) is 0 Å². The van der Waals surface area contributed by atoms with Crippen LogP contribution in [0.25, 0.3) is 22.2 Å². The lowest BCUT2D eigenvalue weighted by Crippen LogP contribution is -2.18. The van der Waals surface area contributed by atoms with Gasteiger partial charge < -0.3 is 0 Å². The average molecular weight is 387 g/mol. The van der Waals surface area contributed by atoms with Crippen LogP contribution in [0.4, 0.5) is 0 Å². The van der Waals surface area contributed by atoms with E-state index in [1.54, 1.807) is 24.4 Å². The molecule has 4 rings (SSSR count). The minimum atomic E-state index is -0.334. The molecule has 4 aromatic rings. The van der Waals surface area contributed by atoms with Crippen molar-refractivity contribution in [1.82, 2.24) is 15.4 Å². The van der Waals surface area contributed by atoms with Gasteiger partial charge in [0.05, 0.1) is 28.7 Å². The first-order chi connectivity index (χ1) is 13.7. The first kappa shape index (κ1) is 17.8. The summed E-state index contributed by atoms with van der Waals surface area (Å²) in [5.41, 5.74) is 5.79. The van der Waals surface area contributed by atoms with Gasteiger partial charge in [0.15, 0.2) is 0 Å². The summed E-state index contributed by atoms with van der Waals surface area (Å²) in [4.78, 5) is 21.6. The van der Waals surface area contributed by atoms with Crippen LogP contribution in [0.3, 0.4) is 0 Å². The van der Waals surface area contributed by atoms with Crippen LogP contribution in [0.5, 0.6) is 0 Å². The van der Waals surface area contributed by atoms with Crippen molar-refractivity contribution in [3.8, 4) is 11.3 Å². The second-order valence-corrected chi connectivity index (χ2v) is 6.41. The zero-order chi connectivity index (χ0) is 19.3. The van der Waals surface area contributed by atoms with Crippen molar-refractivity contribution in [2.24, 2.45) is 5.10 Å². The second kappa shape index (κ2) is 7.98. The van der Waals surface area contributed by atoms with Gasteiger partial charge >= 0.3 is 0 Å². The van der Waals surface area contributed by atoms with E-state index in [0.29, 0.717) is 27.5 Å². The van der Waals surface area contributed by atoms with Gasteiger partial charge in [-0.1, -0.05) is 54.1 Å². The largest absolute Gasteiger partial charge is 0.272 e. The van der Waals surface area contributed by atoms with Crippen molar-refractivity contribution in [2.45, 2.75) is 0 Å². The van der Waals surface area contributed by atoms with E-state index in [2.05, 4.69) is 20.5 Å². The number of benzene rings is 2. The highest BCUT2D eigenvalue weighted by molar-refractivity contribution is 6.33. The van der Waals surface area contributed by atoms with Gasteiger partial charge in [-0.15, -0.1) is 0 Å². The number of halogens is 1. The highest BCUT2D eigenvalue weighted by Gasteiger charge is 2.14. The number of carbonyl (C=O) groups is 1. The van der Waals surface area contributed by atoms with E-state index < -0.39 is 0 Å². The molecule has 2 heterocycles. The topological polar surface area (TPSA) is 67.2 Å². The number of hydrogen-bond acceptors (Lipinski definition) is 4. The zero-order valence-corrected chi connectivity index (χ0v) is 15.5. The summed E-state index contributed by atoms with van der Waals surface area (Å²) in [5.74, 6) is -0.334. The molecule has 28 heavy (non-hydrogen) atoms. The molecule has 0 spiro atoms. The Morgan fingerprint density at radius 3 is 2.61 bits per heavy atom. The monoisotopic (exact) mass is 386 g/mol. The minimum Gasteiger partial charge on any atom is -0.267 e. The number of nitrogens with one attached hydrogen (secondary N) is 1. The van der Waals surface area contributed by atoms with E-state index in [9.17, 15) is 4.79 Å². The molecule has 1 amide bonds. The van der Waals surface area contributed by atoms with Crippen LogP contribution in [0.2, 0.25) is 5.02 Å². The van der Waals surface area contributed by atoms with Gasteiger partial charge in [0, 0.05) is 22.2 Å². The van der Waals surface area contributed by atoms with E-state index in [1.807, 2.05) is 54.6 Å². The van der Waals surface area contributed by atoms with Gasteiger partial charge in [0.25, 0.3) is 5.91 Å². The van der Waals surface area contributed by atoms with Crippen LogP contribution in [-0.2, 0) is 0 Å². The van der Waals surface area contributed by atoms with Crippen molar-refractivity contribution in [3.63, 3.8) is 0 Å². The SMILES string of the molecule is O=C(N/N=C\c1ccccn1)c1cc(-c2ccccc2Cl)nc2ccccc12. The lowest BCUT2D eigenvalue weighted by molar-refractivity contribution is 0.0956. The molecular formula is C22H15ClN4O. The Bertz CT molecular complexity index is 1180. The summed E-state index contributed by atoms with van der Waals surface area (Å²) in [7, 11) is 0. The van der Waals surface area contributed by atoms with Crippen molar-refractivity contribution in [3.05, 3.63) is 95.3 Å². The summed E-state index contributed by atoms with van der Waals surface area (Å²) < 4.78 is 0. The molecule has 0 aliphatic carbocycles. The molecular weight excluding hydrogens is 372 g/mol. The Morgan fingerprint density at radius 2 is 1.79 bits per heavy atom. The molecule has 0 aliphatic heterocycles. The molecule has 0 saturated heterocycles. The molecule has 0 bridgehead atoms. The first-order valence-electron chi connectivity index (χ1n) is 8.61. The predicted octanol–water partition coefficient (Wildman–Crippen LogP) is 4.71. The van der Waals surface area contributed by atoms with Crippen LogP contribution in [0, 0.1) is 0 Å². The molecule has 0 fully saturated rings. The standard InChI is InChI=1S/C22H15ClN4O/c23-19-10-3-1-9-17(19)21-13-18(16-8-2-4-11-20(16)26-21)22(28)27-25-14-15-7-5-6-12-24-15/h1-14H,(H,27,28)/b25-14-. The summed E-state index contributed by atoms with van der Waals surface area (Å²) in [6.07, 6.45) is 3.16. The molecule has 2 aromatic heterocycles. The normalized spacial score (nSPS) is 11.0. The van der Waals surface area contributed by atoms with Crippen LogP contribution in [-0.4, -0.2) is 22.1 Å². The molecule has 136 valence electrons. The lowest BCUT2D eigenvalue weighted by Gasteiger charge is -2.10. The molecule has 1 N–H and O–H groups in total. The molecule has 0 unspecified atom stereocenters. The smallest absolute Gasteiger partial charge is 0.267 e. The molecule has 0 saturated carbocycles. The van der Waals surface area contributed by atoms with E-state index >= 15 is 0 Å². The number of carbonyl (C=O) groups excluding carboxylic acids is 1.